The molecule has 10 heteroatoms. The number of halogens is 2. The molecular weight excluding hydrogens is 428 g/mol. The second-order valence-electron chi connectivity index (χ2n) is 9.97. The molecule has 2 atom stereocenters. The summed E-state index contributed by atoms with van der Waals surface area (Å²) in [4.78, 5) is 32.1. The lowest BCUT2D eigenvalue weighted by Gasteiger charge is -2.35. The standard InChI is InChI=1S/C23H27F2N7O/c1-12(33)30-10-17-6-16(30)11-31(17)20-7-19(14-5-18(23(2,24)25)21(26)27-8-14)28-22(29-20)32-9-13-3-15(32)4-13/h5,7-8,13,15-17H,3-4,6,9-11H2,1-2H3,(H2,26,27)/t13?,15?,16-,17-/m0/s1. The summed E-state index contributed by atoms with van der Waals surface area (Å²) in [6.07, 6.45) is 4.72. The number of aromatic nitrogens is 3. The van der Waals surface area contributed by atoms with E-state index in [2.05, 4.69) is 14.8 Å². The molecule has 2 aromatic heterocycles. The van der Waals surface area contributed by atoms with Crippen LogP contribution in [-0.4, -0.2) is 63.5 Å². The van der Waals surface area contributed by atoms with Crippen molar-refractivity contribution in [2.24, 2.45) is 5.92 Å². The number of piperazine rings is 1. The molecule has 1 amide bonds. The Morgan fingerprint density at radius 1 is 1.06 bits per heavy atom. The highest BCUT2D eigenvalue weighted by atomic mass is 19.3. The van der Waals surface area contributed by atoms with Crippen molar-refractivity contribution in [3.8, 4) is 11.3 Å². The normalized spacial score (nSPS) is 27.9. The van der Waals surface area contributed by atoms with Crippen LogP contribution < -0.4 is 15.5 Å². The Balaban J connectivity index is 1.40. The van der Waals surface area contributed by atoms with E-state index < -0.39 is 5.92 Å². The lowest BCUT2D eigenvalue weighted by atomic mass is 9.86. The Morgan fingerprint density at radius 2 is 1.85 bits per heavy atom. The third kappa shape index (κ3) is 3.29. The molecule has 1 saturated carbocycles. The zero-order valence-corrected chi connectivity index (χ0v) is 18.7. The molecule has 0 spiro atoms. The second kappa shape index (κ2) is 6.98. The number of likely N-dealkylation sites (tertiary alicyclic amines) is 1. The maximum atomic E-state index is 14.1. The van der Waals surface area contributed by atoms with Crippen LogP contribution >= 0.6 is 0 Å². The minimum absolute atomic E-state index is 0.101. The monoisotopic (exact) mass is 455 g/mol. The number of nitrogens with zero attached hydrogens (tertiary/aromatic N) is 6. The number of alkyl halides is 2. The Kier molecular flexibility index (Phi) is 4.35. The van der Waals surface area contributed by atoms with E-state index in [-0.39, 0.29) is 29.4 Å². The van der Waals surface area contributed by atoms with Crippen LogP contribution in [0.1, 0.15) is 38.7 Å². The van der Waals surface area contributed by atoms with Crippen molar-refractivity contribution >= 4 is 23.5 Å². The molecule has 0 radical (unpaired) electrons. The lowest BCUT2D eigenvalue weighted by molar-refractivity contribution is -0.129. The van der Waals surface area contributed by atoms with Gasteiger partial charge in [0.15, 0.2) is 0 Å². The van der Waals surface area contributed by atoms with E-state index in [9.17, 15) is 13.6 Å². The summed E-state index contributed by atoms with van der Waals surface area (Å²) in [5.41, 5.74) is 6.49. The van der Waals surface area contributed by atoms with Crippen molar-refractivity contribution in [1.82, 2.24) is 19.9 Å². The molecule has 5 aliphatic rings. The summed E-state index contributed by atoms with van der Waals surface area (Å²) in [6.45, 7) is 4.75. The second-order valence-corrected chi connectivity index (χ2v) is 9.97. The molecule has 8 nitrogen and oxygen atoms in total. The highest BCUT2D eigenvalue weighted by Gasteiger charge is 2.46. The van der Waals surface area contributed by atoms with Gasteiger partial charge >= 0.3 is 0 Å². The number of amides is 1. The smallest absolute Gasteiger partial charge is 0.274 e. The zero-order chi connectivity index (χ0) is 23.1. The van der Waals surface area contributed by atoms with E-state index in [1.807, 2.05) is 11.0 Å². The number of hydrogen-bond acceptors (Lipinski definition) is 7. The molecule has 0 aromatic carbocycles. The molecule has 2 aromatic rings. The predicted octanol–water partition coefficient (Wildman–Crippen LogP) is 2.64. The first-order valence-corrected chi connectivity index (χ1v) is 11.5. The Labute approximate surface area is 190 Å². The van der Waals surface area contributed by atoms with Crippen LogP contribution in [0.25, 0.3) is 11.3 Å². The molecule has 174 valence electrons. The van der Waals surface area contributed by atoms with Gasteiger partial charge in [0.25, 0.3) is 5.92 Å². The van der Waals surface area contributed by atoms with Crippen molar-refractivity contribution in [3.05, 3.63) is 23.9 Å². The number of rotatable bonds is 4. The first-order chi connectivity index (χ1) is 15.7. The highest BCUT2D eigenvalue weighted by Crippen LogP contribution is 2.44. The SMILES string of the molecule is CC(=O)N1C[C@@H]2C[C@H]1CN2c1cc(-c2cnc(N)c(C(C)(F)F)c2)nc(N2CC3CC2C3)n1. The number of nitrogen functional groups attached to an aromatic ring is 1. The molecule has 33 heavy (non-hydrogen) atoms. The minimum atomic E-state index is -3.10. The minimum Gasteiger partial charge on any atom is -0.383 e. The van der Waals surface area contributed by atoms with Gasteiger partial charge in [-0.1, -0.05) is 0 Å². The van der Waals surface area contributed by atoms with Crippen LogP contribution in [0, 0.1) is 5.92 Å². The summed E-state index contributed by atoms with van der Waals surface area (Å²) in [6, 6.07) is 4.06. The molecule has 7 rings (SSSR count). The Hall–Kier alpha value is -3.04. The van der Waals surface area contributed by atoms with Crippen LogP contribution in [0.3, 0.4) is 0 Å². The zero-order valence-electron chi connectivity index (χ0n) is 18.7. The fourth-order valence-corrected chi connectivity index (χ4v) is 5.92. The van der Waals surface area contributed by atoms with E-state index in [1.165, 1.54) is 12.3 Å². The van der Waals surface area contributed by atoms with Gasteiger partial charge < -0.3 is 20.4 Å². The fourth-order valence-electron chi connectivity index (χ4n) is 5.92. The number of carbonyl (C=O) groups excluding carboxylic acids is 1. The van der Waals surface area contributed by atoms with Crippen LogP contribution in [0.2, 0.25) is 0 Å². The molecule has 4 bridgehead atoms. The molecule has 0 unspecified atom stereocenters. The first kappa shape index (κ1) is 20.6. The summed E-state index contributed by atoms with van der Waals surface area (Å²) >= 11 is 0. The molecule has 4 saturated heterocycles. The number of fused-ring (bicyclic) bond motifs is 3. The average Bonchev–Trinajstić information content (AvgIpc) is 3.51. The molecule has 1 aliphatic carbocycles. The predicted molar refractivity (Wildman–Crippen MR) is 120 cm³/mol. The highest BCUT2D eigenvalue weighted by molar-refractivity contribution is 5.75. The summed E-state index contributed by atoms with van der Waals surface area (Å²) in [5, 5.41) is 0. The van der Waals surface area contributed by atoms with Gasteiger partial charge in [-0.2, -0.15) is 4.98 Å². The molecule has 5 fully saturated rings. The van der Waals surface area contributed by atoms with Gasteiger partial charge in [-0.15, -0.1) is 0 Å². The molecular formula is C23H27F2N7O. The summed E-state index contributed by atoms with van der Waals surface area (Å²) < 4.78 is 28.2. The largest absolute Gasteiger partial charge is 0.383 e. The Bertz CT molecular complexity index is 1130. The van der Waals surface area contributed by atoms with E-state index in [0.29, 0.717) is 42.3 Å². The van der Waals surface area contributed by atoms with E-state index in [0.717, 1.165) is 38.5 Å². The van der Waals surface area contributed by atoms with Crippen LogP contribution in [0.4, 0.5) is 26.4 Å². The van der Waals surface area contributed by atoms with Gasteiger partial charge in [-0.05, 0) is 31.2 Å². The maximum Gasteiger partial charge on any atom is 0.274 e. The maximum absolute atomic E-state index is 14.1. The van der Waals surface area contributed by atoms with Gasteiger partial charge in [0.2, 0.25) is 11.9 Å². The molecule has 4 aliphatic heterocycles. The van der Waals surface area contributed by atoms with E-state index in [1.54, 1.807) is 6.92 Å². The topological polar surface area (TPSA) is 91.5 Å². The quantitative estimate of drug-likeness (QED) is 0.758. The lowest BCUT2D eigenvalue weighted by Crippen LogP contribution is -2.48. The molecule has 6 heterocycles. The number of anilines is 3. The van der Waals surface area contributed by atoms with Gasteiger partial charge in [-0.3, -0.25) is 4.79 Å². The van der Waals surface area contributed by atoms with E-state index in [4.69, 9.17) is 15.7 Å². The van der Waals surface area contributed by atoms with Crippen molar-refractivity contribution in [3.63, 3.8) is 0 Å². The summed E-state index contributed by atoms with van der Waals surface area (Å²) in [5.74, 6) is -1.09. The van der Waals surface area contributed by atoms with Gasteiger partial charge in [-0.25, -0.2) is 18.7 Å². The van der Waals surface area contributed by atoms with Crippen molar-refractivity contribution in [2.75, 3.05) is 35.2 Å². The van der Waals surface area contributed by atoms with Crippen molar-refractivity contribution < 1.29 is 13.6 Å². The number of carbonyl (C=O) groups is 1. The van der Waals surface area contributed by atoms with Gasteiger partial charge in [0.1, 0.15) is 11.6 Å². The van der Waals surface area contributed by atoms with Crippen LogP contribution in [0.15, 0.2) is 18.3 Å². The third-order valence-electron chi connectivity index (χ3n) is 7.69. The fraction of sp³-hybridized carbons (Fsp3) is 0.565. The Morgan fingerprint density at radius 3 is 2.45 bits per heavy atom. The van der Waals surface area contributed by atoms with Crippen molar-refractivity contribution in [2.45, 2.75) is 57.2 Å². The average molecular weight is 456 g/mol. The van der Waals surface area contributed by atoms with Gasteiger partial charge in [0, 0.05) is 57.4 Å². The number of nitrogens with two attached hydrogens (primary N) is 1. The van der Waals surface area contributed by atoms with E-state index >= 15 is 0 Å². The van der Waals surface area contributed by atoms with Crippen LogP contribution in [-0.2, 0) is 10.7 Å². The summed E-state index contributed by atoms with van der Waals surface area (Å²) in [7, 11) is 0. The third-order valence-corrected chi connectivity index (χ3v) is 7.69. The molecule has 2 N–H and O–H groups in total. The number of pyridine rings is 1. The van der Waals surface area contributed by atoms with Crippen molar-refractivity contribution in [1.29, 1.82) is 0 Å². The van der Waals surface area contributed by atoms with Gasteiger partial charge in [0.05, 0.1) is 23.3 Å². The first-order valence-electron chi connectivity index (χ1n) is 11.5. The van der Waals surface area contributed by atoms with Crippen LogP contribution in [0.5, 0.6) is 0 Å². The number of hydrogen-bond donors (Lipinski definition) is 1.